The molecule has 4 nitrogen and oxygen atoms in total. The van der Waals surface area contributed by atoms with E-state index in [9.17, 15) is 9.90 Å². The lowest BCUT2D eigenvalue weighted by atomic mass is 9.97. The van der Waals surface area contributed by atoms with Gasteiger partial charge in [0.05, 0.1) is 7.11 Å². The van der Waals surface area contributed by atoms with Crippen molar-refractivity contribution in [3.05, 3.63) is 12.7 Å². The van der Waals surface area contributed by atoms with E-state index in [1.165, 1.54) is 44.5 Å². The summed E-state index contributed by atoms with van der Waals surface area (Å²) in [5.41, 5.74) is 0. The van der Waals surface area contributed by atoms with Crippen LogP contribution in [0.25, 0.3) is 0 Å². The minimum Gasteiger partial charge on any atom is -0.467 e. The van der Waals surface area contributed by atoms with Gasteiger partial charge in [0.2, 0.25) is 0 Å². The van der Waals surface area contributed by atoms with E-state index < -0.39 is 20.4 Å². The Balaban J connectivity index is 4.46. The molecule has 0 saturated carbocycles. The fourth-order valence-electron chi connectivity index (χ4n) is 3.27. The summed E-state index contributed by atoms with van der Waals surface area (Å²) in [6.07, 6.45) is 5.58. The molecular weight excluding hydrogens is 308 g/mol. The third-order valence-corrected chi connectivity index (χ3v) is 9.41. The summed E-state index contributed by atoms with van der Waals surface area (Å²) in [7, 11) is -0.327. The molecular formula is C18H36O4Si. The molecule has 0 amide bonds. The summed E-state index contributed by atoms with van der Waals surface area (Å²) in [5.74, 6) is -0.867. The highest BCUT2D eigenvalue weighted by Gasteiger charge is 2.32. The molecule has 0 aliphatic carbocycles. The Labute approximate surface area is 143 Å². The molecule has 0 aromatic carbocycles. The fraction of sp³-hybridized carbons (Fsp3) is 0.833. The van der Waals surface area contributed by atoms with Gasteiger partial charge in [0.1, 0.15) is 0 Å². The van der Waals surface area contributed by atoms with E-state index >= 15 is 0 Å². The van der Waals surface area contributed by atoms with Crippen molar-refractivity contribution in [2.75, 3.05) is 13.7 Å². The lowest BCUT2D eigenvalue weighted by Gasteiger charge is -2.31. The highest BCUT2D eigenvalue weighted by molar-refractivity contribution is 6.73. The minimum atomic E-state index is -1.61. The Kier molecular flexibility index (Phi) is 12.4. The number of hydrogen-bond acceptors (Lipinski definition) is 4. The van der Waals surface area contributed by atoms with Crippen LogP contribution in [0.15, 0.2) is 12.7 Å². The SMILES string of the molecule is C=CC(CCCO[Si](CCC)(CCC)CCC)C(O)C(=O)OC. The number of carbonyl (C=O) groups is 1. The second-order valence-corrected chi connectivity index (χ2v) is 10.4. The topological polar surface area (TPSA) is 55.8 Å². The second kappa shape index (κ2) is 12.7. The van der Waals surface area contributed by atoms with Crippen molar-refractivity contribution in [1.82, 2.24) is 0 Å². The molecule has 136 valence electrons. The highest BCUT2D eigenvalue weighted by atomic mass is 28.4. The predicted octanol–water partition coefficient (Wildman–Crippen LogP) is 4.29. The van der Waals surface area contributed by atoms with Gasteiger partial charge in [-0.2, -0.15) is 0 Å². The predicted molar refractivity (Wildman–Crippen MR) is 97.9 cm³/mol. The van der Waals surface area contributed by atoms with Gasteiger partial charge in [0, 0.05) is 12.5 Å². The number of aliphatic hydroxyl groups excluding tert-OH is 1. The smallest absolute Gasteiger partial charge is 0.335 e. The van der Waals surface area contributed by atoms with Crippen LogP contribution in [0.4, 0.5) is 0 Å². The summed E-state index contributed by atoms with van der Waals surface area (Å²) in [5, 5.41) is 9.91. The molecule has 2 atom stereocenters. The molecule has 0 rings (SSSR count). The van der Waals surface area contributed by atoms with Gasteiger partial charge in [-0.3, -0.25) is 0 Å². The number of rotatable bonds is 14. The molecule has 2 unspecified atom stereocenters. The molecule has 0 aliphatic rings. The van der Waals surface area contributed by atoms with Crippen LogP contribution in [0.1, 0.15) is 52.9 Å². The van der Waals surface area contributed by atoms with Crippen molar-refractivity contribution < 1.29 is 19.1 Å². The molecule has 5 heteroatoms. The molecule has 0 aliphatic heterocycles. The lowest BCUT2D eigenvalue weighted by Crippen LogP contribution is -2.38. The largest absolute Gasteiger partial charge is 0.467 e. The standard InChI is InChI=1S/C18H36O4Si/c1-6-13-23(14-7-2,15-8-3)22-12-10-11-16(9-4)17(19)18(20)21-5/h9,16-17,19H,4,6-8,10-15H2,1-3,5H3. The molecule has 1 N–H and O–H groups in total. The molecule has 0 bridgehead atoms. The highest BCUT2D eigenvalue weighted by Crippen LogP contribution is 2.28. The van der Waals surface area contributed by atoms with Crippen molar-refractivity contribution in [3.63, 3.8) is 0 Å². The molecule has 0 aromatic rings. The van der Waals surface area contributed by atoms with Crippen LogP contribution in [0.2, 0.25) is 18.1 Å². The second-order valence-electron chi connectivity index (χ2n) is 6.29. The minimum absolute atomic E-state index is 0.273. The number of aliphatic hydroxyl groups is 1. The monoisotopic (exact) mass is 344 g/mol. The molecule has 0 radical (unpaired) electrons. The molecule has 0 aromatic heterocycles. The maximum atomic E-state index is 11.4. The summed E-state index contributed by atoms with van der Waals surface area (Å²) in [4.78, 5) is 11.4. The Morgan fingerprint density at radius 1 is 1.17 bits per heavy atom. The van der Waals surface area contributed by atoms with E-state index in [2.05, 4.69) is 32.1 Å². The molecule has 23 heavy (non-hydrogen) atoms. The van der Waals surface area contributed by atoms with Crippen molar-refractivity contribution in [1.29, 1.82) is 0 Å². The van der Waals surface area contributed by atoms with Gasteiger partial charge in [-0.15, -0.1) is 6.58 Å². The zero-order valence-corrected chi connectivity index (χ0v) is 16.5. The lowest BCUT2D eigenvalue weighted by molar-refractivity contribution is -0.152. The number of methoxy groups -OCH3 is 1. The van der Waals surface area contributed by atoms with Gasteiger partial charge in [-0.1, -0.05) is 46.1 Å². The van der Waals surface area contributed by atoms with Gasteiger partial charge in [0.15, 0.2) is 14.4 Å². The Hall–Kier alpha value is -0.653. The van der Waals surface area contributed by atoms with Crippen molar-refractivity contribution in [2.45, 2.75) is 77.1 Å². The van der Waals surface area contributed by atoms with E-state index in [4.69, 9.17) is 4.43 Å². The van der Waals surface area contributed by atoms with Crippen LogP contribution in [-0.4, -0.2) is 39.2 Å². The molecule has 0 fully saturated rings. The fourth-order valence-corrected chi connectivity index (χ4v) is 7.76. The van der Waals surface area contributed by atoms with Crippen molar-refractivity contribution in [2.24, 2.45) is 5.92 Å². The van der Waals surface area contributed by atoms with E-state index in [0.29, 0.717) is 13.0 Å². The first kappa shape index (κ1) is 22.3. The first-order valence-electron chi connectivity index (χ1n) is 9.02. The van der Waals surface area contributed by atoms with E-state index in [0.717, 1.165) is 6.42 Å². The van der Waals surface area contributed by atoms with Gasteiger partial charge in [-0.25, -0.2) is 4.79 Å². The third-order valence-electron chi connectivity index (χ3n) is 4.36. The van der Waals surface area contributed by atoms with E-state index in [1.54, 1.807) is 6.08 Å². The van der Waals surface area contributed by atoms with Crippen LogP contribution in [-0.2, 0) is 14.0 Å². The molecule has 0 heterocycles. The maximum absolute atomic E-state index is 11.4. The molecule has 0 spiro atoms. The summed E-state index contributed by atoms with van der Waals surface area (Å²) >= 11 is 0. The summed E-state index contributed by atoms with van der Waals surface area (Å²) < 4.78 is 11.0. The Morgan fingerprint density at radius 3 is 2.09 bits per heavy atom. The maximum Gasteiger partial charge on any atom is 0.335 e. The van der Waals surface area contributed by atoms with E-state index in [1.807, 2.05) is 0 Å². The van der Waals surface area contributed by atoms with Crippen LogP contribution in [0.5, 0.6) is 0 Å². The number of ether oxygens (including phenoxy) is 1. The zero-order valence-electron chi connectivity index (χ0n) is 15.5. The van der Waals surface area contributed by atoms with Gasteiger partial charge in [-0.05, 0) is 31.0 Å². The first-order chi connectivity index (χ1) is 11.0. The number of carbonyl (C=O) groups excluding carboxylic acids is 1. The third kappa shape index (κ3) is 8.13. The normalized spacial score (nSPS) is 14.3. The zero-order chi connectivity index (χ0) is 17.7. The van der Waals surface area contributed by atoms with Crippen LogP contribution < -0.4 is 0 Å². The number of hydrogen-bond donors (Lipinski definition) is 1. The summed E-state index contributed by atoms with van der Waals surface area (Å²) in [6, 6.07) is 3.68. The average Bonchev–Trinajstić information content (AvgIpc) is 2.54. The molecule has 0 saturated heterocycles. The van der Waals surface area contributed by atoms with Gasteiger partial charge < -0.3 is 14.3 Å². The Bertz CT molecular complexity index is 316. The van der Waals surface area contributed by atoms with E-state index in [-0.39, 0.29) is 5.92 Å². The van der Waals surface area contributed by atoms with Crippen LogP contribution >= 0.6 is 0 Å². The quantitative estimate of drug-likeness (QED) is 0.221. The van der Waals surface area contributed by atoms with Crippen molar-refractivity contribution >= 4 is 14.3 Å². The first-order valence-corrected chi connectivity index (χ1v) is 11.6. The van der Waals surface area contributed by atoms with Crippen molar-refractivity contribution in [3.8, 4) is 0 Å². The number of esters is 1. The Morgan fingerprint density at radius 2 is 1.70 bits per heavy atom. The van der Waals surface area contributed by atoms with Crippen LogP contribution in [0.3, 0.4) is 0 Å². The summed E-state index contributed by atoms with van der Waals surface area (Å²) in [6.45, 7) is 11.1. The van der Waals surface area contributed by atoms with Gasteiger partial charge in [0.25, 0.3) is 0 Å². The van der Waals surface area contributed by atoms with Crippen LogP contribution in [0, 0.1) is 5.92 Å². The average molecular weight is 345 g/mol. The van der Waals surface area contributed by atoms with Gasteiger partial charge >= 0.3 is 5.97 Å².